The van der Waals surface area contributed by atoms with E-state index in [0.29, 0.717) is 17.1 Å². The first-order valence-corrected chi connectivity index (χ1v) is 5.80. The van der Waals surface area contributed by atoms with E-state index in [9.17, 15) is 4.79 Å². The molecule has 0 aliphatic heterocycles. The normalized spacial score (nSPS) is 18.8. The zero-order valence-corrected chi connectivity index (χ0v) is 9.89. The number of ether oxygens (including phenoxy) is 2. The van der Waals surface area contributed by atoms with E-state index in [1.165, 1.54) is 0 Å². The quantitative estimate of drug-likeness (QED) is 0.591. The van der Waals surface area contributed by atoms with Gasteiger partial charge in [-0.2, -0.15) is 0 Å². The molecule has 1 aromatic carbocycles. The van der Waals surface area contributed by atoms with Gasteiger partial charge in [-0.25, -0.2) is 0 Å². The molecule has 0 fully saturated rings. The summed E-state index contributed by atoms with van der Waals surface area (Å²) < 4.78 is 11.1. The molecule has 1 atom stereocenters. The Morgan fingerprint density at radius 1 is 1.35 bits per heavy atom. The highest BCUT2D eigenvalue weighted by Crippen LogP contribution is 2.30. The van der Waals surface area contributed by atoms with Crippen LogP contribution >= 0.6 is 0 Å². The van der Waals surface area contributed by atoms with Gasteiger partial charge in [0.15, 0.2) is 11.5 Å². The number of benzene rings is 1. The van der Waals surface area contributed by atoms with Crippen molar-refractivity contribution >= 4 is 6.29 Å². The van der Waals surface area contributed by atoms with Gasteiger partial charge in [0.1, 0.15) is 12.4 Å². The highest BCUT2D eigenvalue weighted by atomic mass is 16.5. The Hall–Kier alpha value is -1.77. The Labute approximate surface area is 101 Å². The highest BCUT2D eigenvalue weighted by molar-refractivity contribution is 5.76. The molecule has 0 aromatic heterocycles. The molecule has 17 heavy (non-hydrogen) atoms. The van der Waals surface area contributed by atoms with E-state index in [-0.39, 0.29) is 6.10 Å². The summed E-state index contributed by atoms with van der Waals surface area (Å²) in [6, 6.07) is 5.19. The topological polar surface area (TPSA) is 35.5 Å². The van der Waals surface area contributed by atoms with Crippen molar-refractivity contribution in [3.8, 4) is 11.5 Å². The van der Waals surface area contributed by atoms with Gasteiger partial charge in [-0.3, -0.25) is 4.79 Å². The monoisotopic (exact) mass is 232 g/mol. The Morgan fingerprint density at radius 2 is 2.24 bits per heavy atom. The summed E-state index contributed by atoms with van der Waals surface area (Å²) in [4.78, 5) is 10.7. The molecule has 0 saturated heterocycles. The average molecular weight is 232 g/mol. The fourth-order valence-electron chi connectivity index (χ4n) is 1.90. The van der Waals surface area contributed by atoms with Gasteiger partial charge in [0.05, 0.1) is 7.11 Å². The van der Waals surface area contributed by atoms with Gasteiger partial charge >= 0.3 is 0 Å². The summed E-state index contributed by atoms with van der Waals surface area (Å²) in [7, 11) is 1.60. The van der Waals surface area contributed by atoms with Gasteiger partial charge in [-0.15, -0.1) is 0 Å². The van der Waals surface area contributed by atoms with E-state index < -0.39 is 0 Å². The molecule has 3 nitrogen and oxygen atoms in total. The first kappa shape index (κ1) is 11.7. The third kappa shape index (κ3) is 2.87. The second-order valence-corrected chi connectivity index (χ2v) is 4.04. The van der Waals surface area contributed by atoms with Gasteiger partial charge in [0.2, 0.25) is 0 Å². The molecule has 3 heteroatoms. The summed E-state index contributed by atoms with van der Waals surface area (Å²) in [5.41, 5.74) is 0.598. The number of hydrogen-bond acceptors (Lipinski definition) is 3. The van der Waals surface area contributed by atoms with Crippen LogP contribution in [0.2, 0.25) is 0 Å². The molecule has 0 spiro atoms. The fourth-order valence-corrected chi connectivity index (χ4v) is 1.90. The van der Waals surface area contributed by atoms with Crippen LogP contribution in [0.5, 0.6) is 11.5 Å². The van der Waals surface area contributed by atoms with Crippen molar-refractivity contribution in [3.63, 3.8) is 0 Å². The molecule has 1 aromatic rings. The van der Waals surface area contributed by atoms with Gasteiger partial charge in [0.25, 0.3) is 0 Å². The van der Waals surface area contributed by atoms with Gasteiger partial charge < -0.3 is 9.47 Å². The maximum absolute atomic E-state index is 10.7. The molecule has 0 N–H and O–H groups in total. The Morgan fingerprint density at radius 3 is 2.88 bits per heavy atom. The van der Waals surface area contributed by atoms with Crippen LogP contribution in [-0.4, -0.2) is 19.5 Å². The second-order valence-electron chi connectivity index (χ2n) is 4.04. The lowest BCUT2D eigenvalue weighted by Gasteiger charge is -2.20. The molecular formula is C14H16O3. The Bertz CT molecular complexity index is 423. The van der Waals surface area contributed by atoms with E-state index >= 15 is 0 Å². The number of allylic oxidation sites excluding steroid dienone is 1. The lowest BCUT2D eigenvalue weighted by molar-refractivity contribution is 0.112. The molecule has 0 saturated carbocycles. The van der Waals surface area contributed by atoms with Crippen molar-refractivity contribution in [1.82, 2.24) is 0 Å². The molecule has 0 radical (unpaired) electrons. The van der Waals surface area contributed by atoms with Crippen LogP contribution in [0, 0.1) is 0 Å². The van der Waals surface area contributed by atoms with Crippen molar-refractivity contribution in [3.05, 3.63) is 35.9 Å². The molecule has 0 heterocycles. The van der Waals surface area contributed by atoms with Crippen molar-refractivity contribution in [1.29, 1.82) is 0 Å². The fraction of sp³-hybridized carbons (Fsp3) is 0.357. The smallest absolute Gasteiger partial charge is 0.162 e. The van der Waals surface area contributed by atoms with Crippen LogP contribution < -0.4 is 9.47 Å². The first-order valence-electron chi connectivity index (χ1n) is 5.80. The van der Waals surface area contributed by atoms with E-state index in [1.54, 1.807) is 25.3 Å². The van der Waals surface area contributed by atoms with Crippen LogP contribution in [-0.2, 0) is 0 Å². The summed E-state index contributed by atoms with van der Waals surface area (Å²) in [6.45, 7) is 0. The van der Waals surface area contributed by atoms with Gasteiger partial charge in [-0.1, -0.05) is 6.08 Å². The zero-order chi connectivity index (χ0) is 12.1. The SMILES string of the molecule is COc1ccc(C=O)cc1O[C@H]1C=CCCC1. The maximum atomic E-state index is 10.7. The van der Waals surface area contributed by atoms with Crippen molar-refractivity contribution in [2.75, 3.05) is 7.11 Å². The number of carbonyl (C=O) groups excluding carboxylic acids is 1. The van der Waals surface area contributed by atoms with Gasteiger partial charge in [-0.05, 0) is 43.5 Å². The summed E-state index contributed by atoms with van der Waals surface area (Å²) >= 11 is 0. The van der Waals surface area contributed by atoms with Crippen LogP contribution in [0.1, 0.15) is 29.6 Å². The largest absolute Gasteiger partial charge is 0.493 e. The van der Waals surface area contributed by atoms with Crippen LogP contribution in [0.3, 0.4) is 0 Å². The van der Waals surface area contributed by atoms with Crippen molar-refractivity contribution in [2.24, 2.45) is 0 Å². The lowest BCUT2D eigenvalue weighted by Crippen LogP contribution is -2.16. The Balaban J connectivity index is 2.19. The lowest BCUT2D eigenvalue weighted by atomic mass is 10.1. The van der Waals surface area contributed by atoms with E-state index in [0.717, 1.165) is 25.5 Å². The standard InChI is InChI=1S/C14H16O3/c1-16-13-8-7-11(10-15)9-14(13)17-12-5-3-2-4-6-12/h3,5,7-10,12H,2,4,6H2,1H3/t12-/m0/s1. The molecule has 1 aliphatic carbocycles. The van der Waals surface area contributed by atoms with Crippen molar-refractivity contribution < 1.29 is 14.3 Å². The summed E-state index contributed by atoms with van der Waals surface area (Å²) in [6.07, 6.45) is 8.34. The number of aldehydes is 1. The maximum Gasteiger partial charge on any atom is 0.162 e. The first-order chi connectivity index (χ1) is 8.33. The van der Waals surface area contributed by atoms with Crippen LogP contribution in [0.25, 0.3) is 0 Å². The number of hydrogen-bond donors (Lipinski definition) is 0. The van der Waals surface area contributed by atoms with Gasteiger partial charge in [0, 0.05) is 5.56 Å². The molecule has 2 rings (SSSR count). The minimum absolute atomic E-state index is 0.0829. The number of rotatable bonds is 4. The molecule has 90 valence electrons. The predicted octanol–water partition coefficient (Wildman–Crippen LogP) is 3.00. The number of methoxy groups -OCH3 is 1. The summed E-state index contributed by atoms with van der Waals surface area (Å²) in [5, 5.41) is 0. The minimum atomic E-state index is 0.0829. The third-order valence-electron chi connectivity index (χ3n) is 2.81. The van der Waals surface area contributed by atoms with E-state index in [4.69, 9.17) is 9.47 Å². The zero-order valence-electron chi connectivity index (χ0n) is 9.89. The van der Waals surface area contributed by atoms with E-state index in [2.05, 4.69) is 12.2 Å². The van der Waals surface area contributed by atoms with Crippen LogP contribution in [0.4, 0.5) is 0 Å². The average Bonchev–Trinajstić information content (AvgIpc) is 2.40. The Kier molecular flexibility index (Phi) is 3.81. The van der Waals surface area contributed by atoms with Crippen LogP contribution in [0.15, 0.2) is 30.4 Å². The molecular weight excluding hydrogens is 216 g/mol. The number of carbonyl (C=O) groups is 1. The minimum Gasteiger partial charge on any atom is -0.493 e. The molecule has 0 amide bonds. The highest BCUT2D eigenvalue weighted by Gasteiger charge is 2.13. The molecule has 0 unspecified atom stereocenters. The van der Waals surface area contributed by atoms with E-state index in [1.807, 2.05) is 0 Å². The molecule has 1 aliphatic rings. The van der Waals surface area contributed by atoms with Crippen molar-refractivity contribution in [2.45, 2.75) is 25.4 Å². The molecule has 0 bridgehead atoms. The second kappa shape index (κ2) is 5.53. The third-order valence-corrected chi connectivity index (χ3v) is 2.81. The summed E-state index contributed by atoms with van der Waals surface area (Å²) in [5.74, 6) is 1.29. The predicted molar refractivity (Wildman–Crippen MR) is 65.8 cm³/mol.